The van der Waals surface area contributed by atoms with Gasteiger partial charge in [0.2, 0.25) is 5.91 Å². The van der Waals surface area contributed by atoms with Gasteiger partial charge >= 0.3 is 0 Å². The molecule has 1 amide bonds. The third-order valence-corrected chi connectivity index (χ3v) is 4.76. The zero-order valence-corrected chi connectivity index (χ0v) is 10.9. The van der Waals surface area contributed by atoms with Gasteiger partial charge in [0.15, 0.2) is 0 Å². The first-order valence-electron chi connectivity index (χ1n) is 6.74. The molecule has 4 unspecified atom stereocenters. The maximum Gasteiger partial charge on any atom is 0.222 e. The van der Waals surface area contributed by atoms with Crippen molar-refractivity contribution in [2.24, 2.45) is 17.8 Å². The second-order valence-corrected chi connectivity index (χ2v) is 5.85. The smallest absolute Gasteiger partial charge is 0.222 e. The van der Waals surface area contributed by atoms with Crippen LogP contribution < -0.4 is 0 Å². The summed E-state index contributed by atoms with van der Waals surface area (Å²) in [6.45, 7) is 1.95. The number of carbonyl (C=O) groups excluding carboxylic acids is 1. The van der Waals surface area contributed by atoms with E-state index in [2.05, 4.69) is 6.07 Å². The molecular weight excluding hydrogens is 212 g/mol. The van der Waals surface area contributed by atoms with Gasteiger partial charge in [-0.15, -0.1) is 0 Å². The molecule has 0 N–H and O–H groups in total. The van der Waals surface area contributed by atoms with Crippen LogP contribution in [0.3, 0.4) is 0 Å². The Bertz CT molecular complexity index is 334. The molecule has 0 heterocycles. The number of hydrogen-bond donors (Lipinski definition) is 0. The fraction of sp³-hybridized carbons (Fsp3) is 0.857. The van der Waals surface area contributed by atoms with Crippen LogP contribution >= 0.6 is 0 Å². The van der Waals surface area contributed by atoms with Gasteiger partial charge in [-0.25, -0.2) is 0 Å². The van der Waals surface area contributed by atoms with Crippen LogP contribution in [-0.2, 0) is 4.79 Å². The quantitative estimate of drug-likeness (QED) is 0.750. The van der Waals surface area contributed by atoms with Crippen LogP contribution in [-0.4, -0.2) is 23.9 Å². The van der Waals surface area contributed by atoms with Crippen LogP contribution in [0, 0.1) is 29.1 Å². The van der Waals surface area contributed by atoms with Crippen molar-refractivity contribution in [1.29, 1.82) is 5.26 Å². The first kappa shape index (κ1) is 12.4. The Balaban J connectivity index is 1.83. The Morgan fingerprint density at radius 1 is 1.47 bits per heavy atom. The first-order chi connectivity index (χ1) is 8.11. The molecule has 0 radical (unpaired) electrons. The highest BCUT2D eigenvalue weighted by atomic mass is 16.2. The van der Waals surface area contributed by atoms with Crippen LogP contribution in [0.4, 0.5) is 0 Å². The van der Waals surface area contributed by atoms with Crippen LogP contribution in [0.25, 0.3) is 0 Å². The van der Waals surface area contributed by atoms with Crippen LogP contribution in [0.2, 0.25) is 0 Å². The molecule has 0 aromatic rings. The van der Waals surface area contributed by atoms with E-state index in [1.165, 1.54) is 25.7 Å². The van der Waals surface area contributed by atoms with Gasteiger partial charge in [-0.2, -0.15) is 5.26 Å². The SMILES string of the molecule is CC(CC#N)N(C)C(=O)CC1CC2CCC1C2. The third kappa shape index (κ3) is 2.62. The van der Waals surface area contributed by atoms with Crippen molar-refractivity contribution in [3.05, 3.63) is 0 Å². The summed E-state index contributed by atoms with van der Waals surface area (Å²) >= 11 is 0. The molecule has 2 aliphatic carbocycles. The average molecular weight is 234 g/mol. The Morgan fingerprint density at radius 3 is 2.76 bits per heavy atom. The molecule has 94 valence electrons. The van der Waals surface area contributed by atoms with Crippen molar-refractivity contribution in [2.45, 2.75) is 51.5 Å². The Morgan fingerprint density at radius 2 is 2.24 bits per heavy atom. The second-order valence-electron chi connectivity index (χ2n) is 5.85. The molecule has 2 rings (SSSR count). The maximum absolute atomic E-state index is 12.1. The fourth-order valence-corrected chi connectivity index (χ4v) is 3.51. The summed E-state index contributed by atoms with van der Waals surface area (Å²) in [5.74, 6) is 2.56. The lowest BCUT2D eigenvalue weighted by molar-refractivity contribution is -0.133. The van der Waals surface area contributed by atoms with E-state index in [1.807, 2.05) is 14.0 Å². The predicted octanol–water partition coefficient (Wildman–Crippen LogP) is 2.57. The molecule has 0 aromatic carbocycles. The first-order valence-corrected chi connectivity index (χ1v) is 6.74. The average Bonchev–Trinajstić information content (AvgIpc) is 2.90. The molecule has 2 saturated carbocycles. The van der Waals surface area contributed by atoms with Gasteiger partial charge < -0.3 is 4.90 Å². The highest BCUT2D eigenvalue weighted by Crippen LogP contribution is 2.49. The standard InChI is InChI=1S/C14H22N2O/c1-10(5-6-15)16(2)14(17)9-13-8-11-3-4-12(13)7-11/h10-13H,3-5,7-9H2,1-2H3. The zero-order valence-electron chi connectivity index (χ0n) is 10.9. The van der Waals surface area contributed by atoms with Gasteiger partial charge in [0, 0.05) is 19.5 Å². The highest BCUT2D eigenvalue weighted by molar-refractivity contribution is 5.76. The van der Waals surface area contributed by atoms with E-state index in [0.717, 1.165) is 11.8 Å². The van der Waals surface area contributed by atoms with Crippen molar-refractivity contribution >= 4 is 5.91 Å². The van der Waals surface area contributed by atoms with E-state index in [9.17, 15) is 4.79 Å². The van der Waals surface area contributed by atoms with Gasteiger partial charge in [0.05, 0.1) is 12.5 Å². The van der Waals surface area contributed by atoms with E-state index in [1.54, 1.807) is 4.90 Å². The summed E-state index contributed by atoms with van der Waals surface area (Å²) in [6.07, 6.45) is 6.47. The van der Waals surface area contributed by atoms with Crippen molar-refractivity contribution in [1.82, 2.24) is 4.90 Å². The number of hydrogen-bond acceptors (Lipinski definition) is 2. The molecule has 2 bridgehead atoms. The molecule has 0 spiro atoms. The molecular formula is C14H22N2O. The lowest BCUT2D eigenvalue weighted by atomic mass is 9.86. The Hall–Kier alpha value is -1.04. The van der Waals surface area contributed by atoms with E-state index >= 15 is 0 Å². The summed E-state index contributed by atoms with van der Waals surface area (Å²) in [6, 6.07) is 2.18. The number of fused-ring (bicyclic) bond motifs is 2. The molecule has 0 aliphatic heterocycles. The molecule has 2 fully saturated rings. The van der Waals surface area contributed by atoms with Crippen LogP contribution in [0.1, 0.15) is 45.4 Å². The highest BCUT2D eigenvalue weighted by Gasteiger charge is 2.40. The minimum Gasteiger partial charge on any atom is -0.342 e. The van der Waals surface area contributed by atoms with Crippen LogP contribution in [0.5, 0.6) is 0 Å². The largest absolute Gasteiger partial charge is 0.342 e. The minimum atomic E-state index is 0.0473. The summed E-state index contributed by atoms with van der Waals surface area (Å²) in [5, 5.41) is 8.65. The molecule has 0 saturated heterocycles. The summed E-state index contributed by atoms with van der Waals surface area (Å²) in [7, 11) is 1.83. The minimum absolute atomic E-state index is 0.0473. The zero-order chi connectivity index (χ0) is 12.4. The van der Waals surface area contributed by atoms with Gasteiger partial charge in [0.25, 0.3) is 0 Å². The summed E-state index contributed by atoms with van der Waals surface area (Å²) in [5.41, 5.74) is 0. The van der Waals surface area contributed by atoms with E-state index in [4.69, 9.17) is 5.26 Å². The predicted molar refractivity (Wildman–Crippen MR) is 66.0 cm³/mol. The lowest BCUT2D eigenvalue weighted by Crippen LogP contribution is -2.36. The Kier molecular flexibility index (Phi) is 3.71. The molecule has 2 aliphatic rings. The number of rotatable bonds is 4. The number of nitrogens with zero attached hydrogens (tertiary/aromatic N) is 2. The van der Waals surface area contributed by atoms with E-state index in [-0.39, 0.29) is 11.9 Å². The van der Waals surface area contributed by atoms with Crippen LogP contribution in [0.15, 0.2) is 0 Å². The topological polar surface area (TPSA) is 44.1 Å². The summed E-state index contributed by atoms with van der Waals surface area (Å²) < 4.78 is 0. The van der Waals surface area contributed by atoms with Gasteiger partial charge in [-0.1, -0.05) is 6.42 Å². The van der Waals surface area contributed by atoms with E-state index in [0.29, 0.717) is 18.8 Å². The Labute approximate surface area is 104 Å². The summed E-state index contributed by atoms with van der Waals surface area (Å²) in [4.78, 5) is 13.9. The normalized spacial score (nSPS) is 32.2. The molecule has 4 atom stereocenters. The van der Waals surface area contributed by atoms with Crippen molar-refractivity contribution in [3.8, 4) is 6.07 Å². The number of nitriles is 1. The van der Waals surface area contributed by atoms with Crippen molar-refractivity contribution in [2.75, 3.05) is 7.05 Å². The van der Waals surface area contributed by atoms with Crippen molar-refractivity contribution in [3.63, 3.8) is 0 Å². The lowest BCUT2D eigenvalue weighted by Gasteiger charge is -2.27. The van der Waals surface area contributed by atoms with Gasteiger partial charge in [0.1, 0.15) is 0 Å². The second kappa shape index (κ2) is 5.08. The van der Waals surface area contributed by atoms with Gasteiger partial charge in [-0.05, 0) is 43.9 Å². The molecule has 17 heavy (non-hydrogen) atoms. The van der Waals surface area contributed by atoms with Gasteiger partial charge in [-0.3, -0.25) is 4.79 Å². The maximum atomic E-state index is 12.1. The molecule has 3 heteroatoms. The molecule has 0 aromatic heterocycles. The van der Waals surface area contributed by atoms with E-state index < -0.39 is 0 Å². The third-order valence-electron chi connectivity index (χ3n) is 4.76. The molecule has 3 nitrogen and oxygen atoms in total. The fourth-order valence-electron chi connectivity index (χ4n) is 3.51. The number of carbonyl (C=O) groups is 1. The number of amides is 1. The monoisotopic (exact) mass is 234 g/mol. The van der Waals surface area contributed by atoms with Crippen molar-refractivity contribution < 1.29 is 4.79 Å².